The van der Waals surface area contributed by atoms with Crippen LogP contribution in [-0.2, 0) is 6.42 Å². The fourth-order valence-electron chi connectivity index (χ4n) is 1.88. The number of nitrogens with two attached hydrogens (primary N) is 1. The van der Waals surface area contributed by atoms with E-state index >= 15 is 0 Å². The second-order valence-electron chi connectivity index (χ2n) is 5.16. The number of halogens is 1. The quantitative estimate of drug-likeness (QED) is 0.445. The molecule has 0 saturated carbocycles. The first-order valence-electron chi connectivity index (χ1n) is 7.00. The largest absolute Gasteiger partial charge is 0.370 e. The molecule has 1 aromatic carbocycles. The number of guanidine groups is 1. The van der Waals surface area contributed by atoms with Crippen LogP contribution in [0.25, 0.3) is 0 Å². The number of anilines is 1. The first-order chi connectivity index (χ1) is 10.0. The third kappa shape index (κ3) is 5.63. The van der Waals surface area contributed by atoms with Crippen molar-refractivity contribution in [3.63, 3.8) is 0 Å². The number of hydrogen-bond donors (Lipinski definition) is 2. The van der Waals surface area contributed by atoms with E-state index in [-0.39, 0.29) is 24.0 Å². The normalized spacial score (nSPS) is 11.4. The second-order valence-corrected chi connectivity index (χ2v) is 5.16. The van der Waals surface area contributed by atoms with Crippen LogP contribution in [0.5, 0.6) is 0 Å². The number of hydrogen-bond acceptors (Lipinski definition) is 4. The molecule has 1 aromatic heterocycles. The SMILES string of the molecule is Cc1noc(CCN=C(N)Nc2cccc(C(C)C)c2)n1.I. The number of aliphatic imine (C=N–C) groups is 1. The lowest BCUT2D eigenvalue weighted by atomic mass is 10.0. The van der Waals surface area contributed by atoms with Gasteiger partial charge in [0.1, 0.15) is 0 Å². The molecule has 0 aliphatic rings. The van der Waals surface area contributed by atoms with Crippen LogP contribution in [0.3, 0.4) is 0 Å². The van der Waals surface area contributed by atoms with Crippen molar-refractivity contribution >= 4 is 35.6 Å². The van der Waals surface area contributed by atoms with E-state index in [0.29, 0.717) is 36.6 Å². The van der Waals surface area contributed by atoms with Gasteiger partial charge in [0.2, 0.25) is 5.89 Å². The maximum Gasteiger partial charge on any atom is 0.228 e. The first kappa shape index (κ1) is 18.4. The van der Waals surface area contributed by atoms with Gasteiger partial charge in [-0.25, -0.2) is 0 Å². The molecular formula is C15H22IN5O. The molecule has 22 heavy (non-hydrogen) atoms. The highest BCUT2D eigenvalue weighted by Gasteiger charge is 2.03. The lowest BCUT2D eigenvalue weighted by Crippen LogP contribution is -2.23. The van der Waals surface area contributed by atoms with E-state index in [4.69, 9.17) is 10.3 Å². The average Bonchev–Trinajstić information content (AvgIpc) is 2.84. The Morgan fingerprint density at radius 2 is 2.18 bits per heavy atom. The van der Waals surface area contributed by atoms with Crippen LogP contribution in [0.15, 0.2) is 33.8 Å². The van der Waals surface area contributed by atoms with Gasteiger partial charge in [0.15, 0.2) is 11.8 Å². The molecule has 0 spiro atoms. The Bertz CT molecular complexity index is 624. The third-order valence-electron chi connectivity index (χ3n) is 3.00. The van der Waals surface area contributed by atoms with E-state index in [1.165, 1.54) is 5.56 Å². The van der Waals surface area contributed by atoms with Gasteiger partial charge in [0, 0.05) is 12.1 Å². The van der Waals surface area contributed by atoms with Crippen LogP contribution in [-0.4, -0.2) is 22.6 Å². The van der Waals surface area contributed by atoms with Gasteiger partial charge in [-0.3, -0.25) is 4.99 Å². The molecular weight excluding hydrogens is 393 g/mol. The molecule has 0 fully saturated rings. The van der Waals surface area contributed by atoms with E-state index < -0.39 is 0 Å². The maximum absolute atomic E-state index is 5.87. The van der Waals surface area contributed by atoms with E-state index in [2.05, 4.69) is 46.4 Å². The maximum atomic E-state index is 5.87. The lowest BCUT2D eigenvalue weighted by molar-refractivity contribution is 0.376. The Hall–Kier alpha value is -1.64. The Labute approximate surface area is 147 Å². The predicted molar refractivity (Wildman–Crippen MR) is 98.8 cm³/mol. The third-order valence-corrected chi connectivity index (χ3v) is 3.00. The van der Waals surface area contributed by atoms with Crippen molar-refractivity contribution in [1.29, 1.82) is 0 Å². The zero-order valence-electron chi connectivity index (χ0n) is 13.0. The molecule has 6 nitrogen and oxygen atoms in total. The molecule has 0 aliphatic carbocycles. The Morgan fingerprint density at radius 1 is 1.41 bits per heavy atom. The summed E-state index contributed by atoms with van der Waals surface area (Å²) < 4.78 is 5.01. The number of rotatable bonds is 5. The number of aromatic nitrogens is 2. The minimum Gasteiger partial charge on any atom is -0.370 e. The van der Waals surface area contributed by atoms with Gasteiger partial charge in [-0.2, -0.15) is 4.98 Å². The van der Waals surface area contributed by atoms with E-state index in [1.807, 2.05) is 12.1 Å². The standard InChI is InChI=1S/C15H21N5O.HI/c1-10(2)12-5-4-6-13(9-12)19-15(16)17-8-7-14-18-11(3)20-21-14;/h4-6,9-10H,7-8H2,1-3H3,(H3,16,17,19);1H. The molecule has 0 saturated heterocycles. The van der Waals surface area contributed by atoms with Crippen LogP contribution in [0.4, 0.5) is 5.69 Å². The van der Waals surface area contributed by atoms with Crippen LogP contribution in [0, 0.1) is 6.92 Å². The monoisotopic (exact) mass is 415 g/mol. The van der Waals surface area contributed by atoms with Crippen molar-refractivity contribution in [2.75, 3.05) is 11.9 Å². The van der Waals surface area contributed by atoms with Crippen LogP contribution < -0.4 is 11.1 Å². The van der Waals surface area contributed by atoms with Gasteiger partial charge in [-0.05, 0) is 30.5 Å². The van der Waals surface area contributed by atoms with Crippen molar-refractivity contribution in [2.24, 2.45) is 10.7 Å². The van der Waals surface area contributed by atoms with Crippen molar-refractivity contribution in [1.82, 2.24) is 10.1 Å². The molecule has 3 N–H and O–H groups in total. The summed E-state index contributed by atoms with van der Waals surface area (Å²) in [6, 6.07) is 8.15. The molecule has 0 amide bonds. The fourth-order valence-corrected chi connectivity index (χ4v) is 1.88. The van der Waals surface area contributed by atoms with Crippen molar-refractivity contribution in [3.05, 3.63) is 41.5 Å². The minimum absolute atomic E-state index is 0. The summed E-state index contributed by atoms with van der Waals surface area (Å²) in [6.07, 6.45) is 0.579. The first-order valence-corrected chi connectivity index (χ1v) is 7.00. The second kappa shape index (κ2) is 8.72. The summed E-state index contributed by atoms with van der Waals surface area (Å²) >= 11 is 0. The molecule has 2 rings (SSSR count). The fraction of sp³-hybridized carbons (Fsp3) is 0.400. The summed E-state index contributed by atoms with van der Waals surface area (Å²) in [5.74, 6) is 2.06. The average molecular weight is 415 g/mol. The highest BCUT2D eigenvalue weighted by molar-refractivity contribution is 14.0. The number of nitrogens with one attached hydrogen (secondary N) is 1. The van der Waals surface area contributed by atoms with Gasteiger partial charge in [0.25, 0.3) is 0 Å². The molecule has 0 bridgehead atoms. The molecule has 0 radical (unpaired) electrons. The Balaban J connectivity index is 0.00000242. The summed E-state index contributed by atoms with van der Waals surface area (Å²) in [5.41, 5.74) is 8.07. The molecule has 1 heterocycles. The van der Waals surface area contributed by atoms with Gasteiger partial charge < -0.3 is 15.6 Å². The minimum atomic E-state index is 0. The number of nitrogens with zero attached hydrogens (tertiary/aromatic N) is 3. The lowest BCUT2D eigenvalue weighted by Gasteiger charge is -2.09. The zero-order valence-corrected chi connectivity index (χ0v) is 15.4. The van der Waals surface area contributed by atoms with Gasteiger partial charge in [-0.1, -0.05) is 31.1 Å². The van der Waals surface area contributed by atoms with E-state index in [9.17, 15) is 0 Å². The highest BCUT2D eigenvalue weighted by atomic mass is 127. The summed E-state index contributed by atoms with van der Waals surface area (Å²) in [4.78, 5) is 8.37. The van der Waals surface area contributed by atoms with Gasteiger partial charge >= 0.3 is 0 Å². The Kier molecular flexibility index (Phi) is 7.30. The molecule has 120 valence electrons. The molecule has 7 heteroatoms. The molecule has 0 aliphatic heterocycles. The molecule has 0 unspecified atom stereocenters. The summed E-state index contributed by atoms with van der Waals surface area (Å²) in [6.45, 7) is 6.60. The van der Waals surface area contributed by atoms with Crippen LogP contribution in [0.2, 0.25) is 0 Å². The van der Waals surface area contributed by atoms with Gasteiger partial charge in [0.05, 0.1) is 6.54 Å². The summed E-state index contributed by atoms with van der Waals surface area (Å²) in [5, 5.41) is 6.82. The summed E-state index contributed by atoms with van der Waals surface area (Å²) in [7, 11) is 0. The van der Waals surface area contributed by atoms with E-state index in [1.54, 1.807) is 6.92 Å². The molecule has 2 aromatic rings. The predicted octanol–water partition coefficient (Wildman–Crippen LogP) is 3.09. The van der Waals surface area contributed by atoms with Crippen LogP contribution >= 0.6 is 24.0 Å². The zero-order chi connectivity index (χ0) is 15.2. The smallest absolute Gasteiger partial charge is 0.228 e. The number of benzene rings is 1. The van der Waals surface area contributed by atoms with E-state index in [0.717, 1.165) is 5.69 Å². The van der Waals surface area contributed by atoms with Gasteiger partial charge in [-0.15, -0.1) is 24.0 Å². The molecule has 0 atom stereocenters. The highest BCUT2D eigenvalue weighted by Crippen LogP contribution is 2.18. The topological polar surface area (TPSA) is 89.3 Å². The van der Waals surface area contributed by atoms with Crippen LogP contribution in [0.1, 0.15) is 37.0 Å². The van der Waals surface area contributed by atoms with Crippen molar-refractivity contribution in [2.45, 2.75) is 33.1 Å². The van der Waals surface area contributed by atoms with Crippen molar-refractivity contribution < 1.29 is 4.52 Å². The Morgan fingerprint density at radius 3 is 2.82 bits per heavy atom. The number of aryl methyl sites for hydroxylation is 1. The van der Waals surface area contributed by atoms with Crippen molar-refractivity contribution in [3.8, 4) is 0 Å².